The molecule has 76 valence electrons. The fraction of sp³-hybridized carbons (Fsp3) is 0.500. The van der Waals surface area contributed by atoms with Gasteiger partial charge in [-0.25, -0.2) is 0 Å². The highest BCUT2D eigenvalue weighted by atomic mass is 79.9. The second-order valence-corrected chi connectivity index (χ2v) is 4.99. The van der Waals surface area contributed by atoms with Crippen LogP contribution in [0.1, 0.15) is 23.2 Å². The minimum absolute atomic E-state index is 0.488. The number of benzene rings is 1. The largest absolute Gasteiger partial charge is 0.302 e. The van der Waals surface area contributed by atoms with E-state index in [1.807, 2.05) is 0 Å². The Kier molecular flexibility index (Phi) is 3.60. The van der Waals surface area contributed by atoms with Gasteiger partial charge in [-0.1, -0.05) is 46.3 Å². The fourth-order valence-corrected chi connectivity index (χ4v) is 2.67. The van der Waals surface area contributed by atoms with Crippen molar-refractivity contribution >= 4 is 15.9 Å². The summed E-state index contributed by atoms with van der Waals surface area (Å²) < 4.78 is 0. The summed E-state index contributed by atoms with van der Waals surface area (Å²) in [6.07, 6.45) is 2.74. The van der Waals surface area contributed by atoms with Crippen LogP contribution in [0.25, 0.3) is 0 Å². The second-order valence-electron chi connectivity index (χ2n) is 3.89. The Labute approximate surface area is 94.2 Å². The molecule has 0 amide bonds. The molecule has 0 saturated carbocycles. The van der Waals surface area contributed by atoms with E-state index in [1.165, 1.54) is 31.5 Å². The first-order valence-electron chi connectivity index (χ1n) is 5.27. The van der Waals surface area contributed by atoms with Crippen LogP contribution in [0.15, 0.2) is 30.3 Å². The molecule has 1 saturated heterocycles. The molecule has 0 aliphatic carbocycles. The number of hydrogen-bond donors (Lipinski definition) is 0. The maximum Gasteiger partial charge on any atom is 0.0522 e. The maximum atomic E-state index is 3.75. The molecule has 1 heterocycles. The topological polar surface area (TPSA) is 3.24 Å². The van der Waals surface area contributed by atoms with E-state index in [0.717, 1.165) is 6.54 Å². The monoisotopic (exact) mass is 253 g/mol. The molecule has 1 nitrogen and oxygen atoms in total. The molecule has 0 aromatic heterocycles. The lowest BCUT2D eigenvalue weighted by Crippen LogP contribution is -2.23. The predicted molar refractivity (Wildman–Crippen MR) is 63.8 cm³/mol. The standard InChI is InChI=1S/C12H16BrN/c13-12(10-14-8-4-5-9-14)11-6-2-1-3-7-11/h1-3,6-7,12H,4-5,8-10H2/t12-/m1/s1. The normalized spacial score (nSPS) is 19.8. The van der Waals surface area contributed by atoms with Crippen LogP contribution in [-0.2, 0) is 0 Å². The van der Waals surface area contributed by atoms with Gasteiger partial charge in [0.15, 0.2) is 0 Å². The van der Waals surface area contributed by atoms with Crippen molar-refractivity contribution in [1.29, 1.82) is 0 Å². The summed E-state index contributed by atoms with van der Waals surface area (Å²) in [5.41, 5.74) is 1.39. The summed E-state index contributed by atoms with van der Waals surface area (Å²) in [7, 11) is 0. The number of likely N-dealkylation sites (tertiary alicyclic amines) is 1. The quantitative estimate of drug-likeness (QED) is 0.748. The van der Waals surface area contributed by atoms with Gasteiger partial charge in [0.25, 0.3) is 0 Å². The van der Waals surface area contributed by atoms with E-state index in [0.29, 0.717) is 4.83 Å². The van der Waals surface area contributed by atoms with Crippen LogP contribution in [0.4, 0.5) is 0 Å². The van der Waals surface area contributed by atoms with E-state index in [2.05, 4.69) is 51.2 Å². The summed E-state index contributed by atoms with van der Waals surface area (Å²) >= 11 is 3.75. The number of nitrogens with zero attached hydrogens (tertiary/aromatic N) is 1. The van der Waals surface area contributed by atoms with Crippen LogP contribution in [0, 0.1) is 0 Å². The third-order valence-electron chi connectivity index (χ3n) is 2.78. The van der Waals surface area contributed by atoms with Gasteiger partial charge in [-0.2, -0.15) is 0 Å². The number of halogens is 1. The highest BCUT2D eigenvalue weighted by Gasteiger charge is 2.16. The highest BCUT2D eigenvalue weighted by Crippen LogP contribution is 2.24. The lowest BCUT2D eigenvalue weighted by molar-refractivity contribution is 0.342. The number of alkyl halides is 1. The number of rotatable bonds is 3. The first kappa shape index (κ1) is 10.2. The van der Waals surface area contributed by atoms with Crippen LogP contribution in [0.2, 0.25) is 0 Å². The maximum absolute atomic E-state index is 3.75. The van der Waals surface area contributed by atoms with E-state index < -0.39 is 0 Å². The lowest BCUT2D eigenvalue weighted by Gasteiger charge is -2.19. The van der Waals surface area contributed by atoms with Crippen LogP contribution in [0.3, 0.4) is 0 Å². The molecule has 0 spiro atoms. The molecule has 14 heavy (non-hydrogen) atoms. The second kappa shape index (κ2) is 4.94. The smallest absolute Gasteiger partial charge is 0.0522 e. The zero-order valence-corrected chi connectivity index (χ0v) is 9.91. The van der Waals surface area contributed by atoms with Gasteiger partial charge in [0.1, 0.15) is 0 Å². The molecule has 1 aliphatic heterocycles. The molecule has 1 aromatic carbocycles. The van der Waals surface area contributed by atoms with Crippen molar-refractivity contribution in [1.82, 2.24) is 4.90 Å². The van der Waals surface area contributed by atoms with Crippen LogP contribution < -0.4 is 0 Å². The Morgan fingerprint density at radius 3 is 2.43 bits per heavy atom. The van der Waals surface area contributed by atoms with Crippen LogP contribution in [-0.4, -0.2) is 24.5 Å². The molecule has 0 N–H and O–H groups in total. The third kappa shape index (κ3) is 2.58. The van der Waals surface area contributed by atoms with Crippen molar-refractivity contribution in [2.75, 3.05) is 19.6 Å². The van der Waals surface area contributed by atoms with Gasteiger partial charge in [-0.05, 0) is 31.5 Å². The van der Waals surface area contributed by atoms with E-state index in [-0.39, 0.29) is 0 Å². The van der Waals surface area contributed by atoms with E-state index in [4.69, 9.17) is 0 Å². The molecule has 1 atom stereocenters. The van der Waals surface area contributed by atoms with Crippen LogP contribution in [0.5, 0.6) is 0 Å². The van der Waals surface area contributed by atoms with Gasteiger partial charge in [0.2, 0.25) is 0 Å². The van der Waals surface area contributed by atoms with E-state index in [1.54, 1.807) is 0 Å². The number of hydrogen-bond acceptors (Lipinski definition) is 1. The van der Waals surface area contributed by atoms with Crippen molar-refractivity contribution in [3.05, 3.63) is 35.9 Å². The highest BCUT2D eigenvalue weighted by molar-refractivity contribution is 9.09. The first-order chi connectivity index (χ1) is 6.86. The molecular formula is C12H16BrN. The molecule has 1 fully saturated rings. The summed E-state index contributed by atoms with van der Waals surface area (Å²) in [6.45, 7) is 3.69. The zero-order valence-electron chi connectivity index (χ0n) is 8.32. The van der Waals surface area contributed by atoms with Gasteiger partial charge >= 0.3 is 0 Å². The third-order valence-corrected chi connectivity index (χ3v) is 3.60. The zero-order chi connectivity index (χ0) is 9.80. The average Bonchev–Trinajstić information content (AvgIpc) is 2.72. The van der Waals surface area contributed by atoms with Gasteiger partial charge in [0, 0.05) is 6.54 Å². The van der Waals surface area contributed by atoms with E-state index in [9.17, 15) is 0 Å². The van der Waals surface area contributed by atoms with Gasteiger partial charge < -0.3 is 4.90 Å². The minimum atomic E-state index is 0.488. The van der Waals surface area contributed by atoms with Crippen molar-refractivity contribution in [2.24, 2.45) is 0 Å². The molecule has 1 aliphatic rings. The van der Waals surface area contributed by atoms with Gasteiger partial charge in [0.05, 0.1) is 4.83 Å². The molecule has 1 aromatic rings. The Hall–Kier alpha value is -0.340. The molecule has 0 unspecified atom stereocenters. The van der Waals surface area contributed by atoms with Gasteiger partial charge in [-0.15, -0.1) is 0 Å². The van der Waals surface area contributed by atoms with Crippen molar-refractivity contribution in [3.8, 4) is 0 Å². The fourth-order valence-electron chi connectivity index (χ4n) is 1.96. The Bertz CT molecular complexity index is 267. The average molecular weight is 254 g/mol. The summed E-state index contributed by atoms with van der Waals surface area (Å²) in [5, 5.41) is 0. The lowest BCUT2D eigenvalue weighted by atomic mass is 10.1. The van der Waals surface area contributed by atoms with Crippen molar-refractivity contribution < 1.29 is 0 Å². The van der Waals surface area contributed by atoms with Crippen molar-refractivity contribution in [3.63, 3.8) is 0 Å². The Morgan fingerprint density at radius 2 is 1.79 bits per heavy atom. The molecule has 2 rings (SSSR count). The Balaban J connectivity index is 1.92. The van der Waals surface area contributed by atoms with Crippen LogP contribution >= 0.6 is 15.9 Å². The summed E-state index contributed by atoms with van der Waals surface area (Å²) in [5.74, 6) is 0. The van der Waals surface area contributed by atoms with Gasteiger partial charge in [-0.3, -0.25) is 0 Å². The minimum Gasteiger partial charge on any atom is -0.302 e. The van der Waals surface area contributed by atoms with E-state index >= 15 is 0 Å². The first-order valence-corrected chi connectivity index (χ1v) is 6.19. The van der Waals surface area contributed by atoms with Crippen molar-refractivity contribution in [2.45, 2.75) is 17.7 Å². The summed E-state index contributed by atoms with van der Waals surface area (Å²) in [4.78, 5) is 3.02. The molecule has 0 radical (unpaired) electrons. The molecule has 0 bridgehead atoms. The SMILES string of the molecule is Br[C@H](CN1CCCC1)c1ccccc1. The molecule has 2 heteroatoms. The summed E-state index contributed by atoms with van der Waals surface area (Å²) in [6, 6.07) is 10.7. The Morgan fingerprint density at radius 1 is 1.14 bits per heavy atom. The molecular weight excluding hydrogens is 238 g/mol. The predicted octanol–water partition coefficient (Wildman–Crippen LogP) is 3.22.